The van der Waals surface area contributed by atoms with E-state index in [-0.39, 0.29) is 0 Å². The summed E-state index contributed by atoms with van der Waals surface area (Å²) < 4.78 is 21.7. The number of pyridine rings is 1. The number of rotatable bonds is 8. The number of nitrogens with zero attached hydrogens (tertiary/aromatic N) is 1. The highest BCUT2D eigenvalue weighted by atomic mass is 35.5. The number of ether oxygens (including phenoxy) is 4. The average molecular weight is 420 g/mol. The topological polar surface area (TPSA) is 49.8 Å². The van der Waals surface area contributed by atoms with Gasteiger partial charge in [-0.25, -0.2) is 0 Å². The van der Waals surface area contributed by atoms with E-state index in [0.29, 0.717) is 46.3 Å². The molecule has 0 saturated carbocycles. The number of methoxy groups -OCH3 is 2. The first kappa shape index (κ1) is 20.1. The van der Waals surface area contributed by atoms with Gasteiger partial charge in [0.15, 0.2) is 0 Å². The SMILES string of the molecule is COc1ccc(OCc2ccc(COc3ccc(OC)cc3Cl)nc2)c(Cl)c1. The summed E-state index contributed by atoms with van der Waals surface area (Å²) in [7, 11) is 3.18. The number of hydrogen-bond acceptors (Lipinski definition) is 5. The molecule has 0 fully saturated rings. The summed E-state index contributed by atoms with van der Waals surface area (Å²) in [6.45, 7) is 0.655. The lowest BCUT2D eigenvalue weighted by molar-refractivity contribution is 0.297. The van der Waals surface area contributed by atoms with E-state index in [0.717, 1.165) is 11.3 Å². The van der Waals surface area contributed by atoms with Gasteiger partial charge in [0, 0.05) is 23.9 Å². The molecular weight excluding hydrogens is 401 g/mol. The largest absolute Gasteiger partial charge is 0.497 e. The quantitative estimate of drug-likeness (QED) is 0.477. The predicted molar refractivity (Wildman–Crippen MR) is 109 cm³/mol. The Bertz CT molecular complexity index is 856. The molecule has 0 aliphatic heterocycles. The smallest absolute Gasteiger partial charge is 0.138 e. The Hall–Kier alpha value is -2.63. The molecule has 28 heavy (non-hydrogen) atoms. The van der Waals surface area contributed by atoms with Crippen LogP contribution in [-0.2, 0) is 13.2 Å². The third-order valence-electron chi connectivity index (χ3n) is 3.93. The molecule has 1 aromatic heterocycles. The minimum absolute atomic E-state index is 0.303. The zero-order valence-corrected chi connectivity index (χ0v) is 17.0. The number of halogens is 2. The van der Waals surface area contributed by atoms with E-state index in [4.69, 9.17) is 42.1 Å². The molecule has 0 aliphatic rings. The van der Waals surface area contributed by atoms with Crippen LogP contribution in [0.5, 0.6) is 23.0 Å². The molecule has 3 rings (SSSR count). The molecule has 0 amide bonds. The number of aromatic nitrogens is 1. The van der Waals surface area contributed by atoms with Crippen LogP contribution in [0.4, 0.5) is 0 Å². The van der Waals surface area contributed by atoms with E-state index in [2.05, 4.69) is 4.98 Å². The summed E-state index contributed by atoms with van der Waals surface area (Å²) in [5.74, 6) is 2.52. The highest BCUT2D eigenvalue weighted by Crippen LogP contribution is 2.30. The van der Waals surface area contributed by atoms with Gasteiger partial charge in [0.2, 0.25) is 0 Å². The van der Waals surface area contributed by atoms with Gasteiger partial charge in [0.1, 0.15) is 36.2 Å². The lowest BCUT2D eigenvalue weighted by Gasteiger charge is -2.11. The van der Waals surface area contributed by atoms with Crippen LogP contribution in [0.25, 0.3) is 0 Å². The molecule has 2 aromatic carbocycles. The first-order valence-electron chi connectivity index (χ1n) is 8.45. The fraction of sp³-hybridized carbons (Fsp3) is 0.190. The van der Waals surface area contributed by atoms with Crippen molar-refractivity contribution in [2.24, 2.45) is 0 Å². The number of benzene rings is 2. The third kappa shape index (κ3) is 5.21. The van der Waals surface area contributed by atoms with Crippen LogP contribution in [0.2, 0.25) is 10.0 Å². The molecule has 7 heteroatoms. The van der Waals surface area contributed by atoms with Crippen molar-refractivity contribution in [1.82, 2.24) is 4.98 Å². The summed E-state index contributed by atoms with van der Waals surface area (Å²) in [5.41, 5.74) is 1.69. The molecule has 5 nitrogen and oxygen atoms in total. The lowest BCUT2D eigenvalue weighted by atomic mass is 10.2. The van der Waals surface area contributed by atoms with Crippen molar-refractivity contribution < 1.29 is 18.9 Å². The summed E-state index contributed by atoms with van der Waals surface area (Å²) in [6.07, 6.45) is 1.74. The molecule has 0 radical (unpaired) electrons. The van der Waals surface area contributed by atoms with Crippen molar-refractivity contribution in [3.8, 4) is 23.0 Å². The molecule has 0 atom stereocenters. The van der Waals surface area contributed by atoms with E-state index in [9.17, 15) is 0 Å². The van der Waals surface area contributed by atoms with Gasteiger partial charge in [-0.3, -0.25) is 4.98 Å². The van der Waals surface area contributed by atoms with Crippen LogP contribution >= 0.6 is 23.2 Å². The van der Waals surface area contributed by atoms with Crippen molar-refractivity contribution in [2.75, 3.05) is 14.2 Å². The van der Waals surface area contributed by atoms with Crippen LogP contribution in [0.1, 0.15) is 11.3 Å². The Labute approximate surface area is 173 Å². The average Bonchev–Trinajstić information content (AvgIpc) is 2.72. The molecule has 0 aliphatic carbocycles. The van der Waals surface area contributed by atoms with Crippen LogP contribution in [0.3, 0.4) is 0 Å². The lowest BCUT2D eigenvalue weighted by Crippen LogP contribution is -2.01. The molecule has 3 aromatic rings. The monoisotopic (exact) mass is 419 g/mol. The first-order chi connectivity index (χ1) is 13.6. The van der Waals surface area contributed by atoms with Gasteiger partial charge in [0.25, 0.3) is 0 Å². The molecule has 0 N–H and O–H groups in total. The maximum Gasteiger partial charge on any atom is 0.138 e. The van der Waals surface area contributed by atoms with Crippen molar-refractivity contribution in [2.45, 2.75) is 13.2 Å². The Kier molecular flexibility index (Phi) is 6.85. The van der Waals surface area contributed by atoms with E-state index in [1.165, 1.54) is 0 Å². The van der Waals surface area contributed by atoms with E-state index in [1.807, 2.05) is 12.1 Å². The summed E-state index contributed by atoms with van der Waals surface area (Å²) in [6, 6.07) is 14.3. The van der Waals surface area contributed by atoms with Crippen molar-refractivity contribution in [3.05, 3.63) is 76.0 Å². The van der Waals surface area contributed by atoms with Gasteiger partial charge >= 0.3 is 0 Å². The van der Waals surface area contributed by atoms with Gasteiger partial charge in [0.05, 0.1) is 30.0 Å². The van der Waals surface area contributed by atoms with Crippen LogP contribution < -0.4 is 18.9 Å². The van der Waals surface area contributed by atoms with Crippen molar-refractivity contribution in [1.29, 1.82) is 0 Å². The van der Waals surface area contributed by atoms with Gasteiger partial charge in [-0.1, -0.05) is 29.3 Å². The standard InChI is InChI=1S/C21H19Cl2NO4/c1-25-16-5-7-20(18(22)9-16)27-12-14-3-4-15(24-11-14)13-28-21-8-6-17(26-2)10-19(21)23/h3-11H,12-13H2,1-2H3. The Balaban J connectivity index is 1.55. The highest BCUT2D eigenvalue weighted by molar-refractivity contribution is 6.32. The minimum atomic E-state index is 0.303. The Morgan fingerprint density at radius 3 is 1.79 bits per heavy atom. The molecule has 0 spiro atoms. The zero-order valence-electron chi connectivity index (χ0n) is 15.4. The van der Waals surface area contributed by atoms with Crippen molar-refractivity contribution in [3.63, 3.8) is 0 Å². The zero-order chi connectivity index (χ0) is 19.9. The number of hydrogen-bond donors (Lipinski definition) is 0. The van der Waals surface area contributed by atoms with Crippen LogP contribution in [0.15, 0.2) is 54.7 Å². The van der Waals surface area contributed by atoms with E-state index in [1.54, 1.807) is 56.8 Å². The molecular formula is C21H19Cl2NO4. The summed E-state index contributed by atoms with van der Waals surface area (Å²) in [5, 5.41) is 0.981. The minimum Gasteiger partial charge on any atom is -0.497 e. The second-order valence-corrected chi connectivity index (χ2v) is 6.64. The van der Waals surface area contributed by atoms with Gasteiger partial charge in [-0.2, -0.15) is 0 Å². The first-order valence-corrected chi connectivity index (χ1v) is 9.21. The molecule has 1 heterocycles. The molecule has 0 unspecified atom stereocenters. The Morgan fingerprint density at radius 2 is 1.32 bits per heavy atom. The molecule has 0 saturated heterocycles. The highest BCUT2D eigenvalue weighted by Gasteiger charge is 2.06. The second-order valence-electron chi connectivity index (χ2n) is 5.83. The van der Waals surface area contributed by atoms with Crippen LogP contribution in [-0.4, -0.2) is 19.2 Å². The van der Waals surface area contributed by atoms with E-state index >= 15 is 0 Å². The van der Waals surface area contributed by atoms with Gasteiger partial charge in [-0.15, -0.1) is 0 Å². The van der Waals surface area contributed by atoms with Crippen LogP contribution in [0, 0.1) is 0 Å². The van der Waals surface area contributed by atoms with Gasteiger partial charge < -0.3 is 18.9 Å². The third-order valence-corrected chi connectivity index (χ3v) is 4.52. The predicted octanol–water partition coefficient (Wildman–Crippen LogP) is 5.56. The molecule has 146 valence electrons. The van der Waals surface area contributed by atoms with Crippen molar-refractivity contribution >= 4 is 23.2 Å². The fourth-order valence-corrected chi connectivity index (χ4v) is 2.84. The van der Waals surface area contributed by atoms with E-state index < -0.39 is 0 Å². The maximum absolute atomic E-state index is 6.18. The summed E-state index contributed by atoms with van der Waals surface area (Å²) >= 11 is 12.3. The second kappa shape index (κ2) is 9.53. The maximum atomic E-state index is 6.18. The molecule has 0 bridgehead atoms. The fourth-order valence-electron chi connectivity index (χ4n) is 2.39. The summed E-state index contributed by atoms with van der Waals surface area (Å²) in [4.78, 5) is 4.39. The normalized spacial score (nSPS) is 10.4. The Morgan fingerprint density at radius 1 is 0.750 bits per heavy atom. The van der Waals surface area contributed by atoms with Gasteiger partial charge in [-0.05, 0) is 30.3 Å².